The molecule has 1 fully saturated rings. The van der Waals surface area contributed by atoms with E-state index in [4.69, 9.17) is 4.74 Å². The predicted octanol–water partition coefficient (Wildman–Crippen LogP) is 4.51. The average molecular weight is 673 g/mol. The number of nitrogens with one attached hydrogen (secondary N) is 2. The van der Waals surface area contributed by atoms with Crippen molar-refractivity contribution in [3.05, 3.63) is 81.8 Å². The van der Waals surface area contributed by atoms with Crippen molar-refractivity contribution in [1.29, 1.82) is 0 Å². The average Bonchev–Trinajstić information content (AvgIpc) is 3.44. The summed E-state index contributed by atoms with van der Waals surface area (Å²) in [5.74, 6) is -2.44. The molecule has 5 rings (SSSR count). The SMILES string of the molecule is Cn1c(=O)c(-c2c(F)ccc(NS(=O)(=O)N3CC[C@@H](F)C3)c2F)cc2cnc(NCCc3ccc(CC(=O)OC(C)(C)C)cc3)nc21. The van der Waals surface area contributed by atoms with Gasteiger partial charge in [0.2, 0.25) is 5.95 Å². The van der Waals surface area contributed by atoms with Gasteiger partial charge in [-0.05, 0) is 62.9 Å². The maximum atomic E-state index is 15.6. The van der Waals surface area contributed by atoms with Crippen LogP contribution in [0.2, 0.25) is 0 Å². The van der Waals surface area contributed by atoms with Crippen molar-refractivity contribution < 1.29 is 31.1 Å². The Morgan fingerprint density at radius 2 is 1.81 bits per heavy atom. The van der Waals surface area contributed by atoms with Crippen molar-refractivity contribution in [2.24, 2.45) is 7.05 Å². The second-order valence-corrected chi connectivity index (χ2v) is 14.0. The molecule has 0 radical (unpaired) electrons. The number of fused-ring (bicyclic) bond motifs is 1. The fourth-order valence-corrected chi connectivity index (χ4v) is 6.45. The quantitative estimate of drug-likeness (QED) is 0.235. The molecule has 2 N–H and O–H groups in total. The van der Waals surface area contributed by atoms with E-state index in [1.165, 1.54) is 19.3 Å². The lowest BCUT2D eigenvalue weighted by atomic mass is 10.0. The van der Waals surface area contributed by atoms with Crippen LogP contribution in [0.5, 0.6) is 0 Å². The molecule has 1 aliphatic heterocycles. The molecule has 0 spiro atoms. The summed E-state index contributed by atoms with van der Waals surface area (Å²) in [5, 5.41) is 3.41. The molecule has 1 aliphatic rings. The maximum absolute atomic E-state index is 15.6. The van der Waals surface area contributed by atoms with Gasteiger partial charge in [0.1, 0.15) is 23.2 Å². The van der Waals surface area contributed by atoms with Crippen LogP contribution >= 0.6 is 0 Å². The van der Waals surface area contributed by atoms with Crippen molar-refractivity contribution in [2.45, 2.75) is 51.8 Å². The number of benzene rings is 2. The molecule has 1 atom stereocenters. The molecule has 47 heavy (non-hydrogen) atoms. The summed E-state index contributed by atoms with van der Waals surface area (Å²) in [6.07, 6.45) is 0.857. The summed E-state index contributed by atoms with van der Waals surface area (Å²) >= 11 is 0. The fraction of sp³-hybridized carbons (Fsp3) is 0.375. The number of nitrogens with zero attached hydrogens (tertiary/aromatic N) is 4. The van der Waals surface area contributed by atoms with Gasteiger partial charge in [0.25, 0.3) is 5.56 Å². The molecule has 4 aromatic rings. The standard InChI is InChI=1S/C32H35F3N6O5S/c1-32(2,3)46-26(42)15-20-7-5-19(6-8-20)11-13-36-31-37-17-21-16-23(30(43)40(4)29(21)38-31)27-24(34)9-10-25(28(27)35)39-47(44,45)41-14-12-22(33)18-41/h5-10,16-17,22,39H,11-15,18H2,1-4H3,(H,36,37,38)/t22-/m1/s1. The number of aromatic nitrogens is 3. The lowest BCUT2D eigenvalue weighted by molar-refractivity contribution is -0.153. The van der Waals surface area contributed by atoms with Crippen LogP contribution in [-0.4, -0.2) is 64.6 Å². The predicted molar refractivity (Wildman–Crippen MR) is 172 cm³/mol. The first-order valence-electron chi connectivity index (χ1n) is 14.9. The summed E-state index contributed by atoms with van der Waals surface area (Å²) in [6, 6.07) is 10.6. The van der Waals surface area contributed by atoms with E-state index < -0.39 is 50.4 Å². The number of carbonyl (C=O) groups is 1. The molecular weight excluding hydrogens is 637 g/mol. The summed E-state index contributed by atoms with van der Waals surface area (Å²) in [4.78, 5) is 34.1. The molecule has 1 saturated heterocycles. The third kappa shape index (κ3) is 7.91. The van der Waals surface area contributed by atoms with Crippen LogP contribution in [-0.2, 0) is 39.6 Å². The lowest BCUT2D eigenvalue weighted by Gasteiger charge is -2.19. The number of aryl methyl sites for hydroxylation is 1. The van der Waals surface area contributed by atoms with Gasteiger partial charge < -0.3 is 10.1 Å². The summed E-state index contributed by atoms with van der Waals surface area (Å²) in [6.45, 7) is 5.44. The second-order valence-electron chi connectivity index (χ2n) is 12.3. The van der Waals surface area contributed by atoms with Crippen LogP contribution < -0.4 is 15.6 Å². The van der Waals surface area contributed by atoms with Gasteiger partial charge in [-0.3, -0.25) is 18.9 Å². The fourth-order valence-electron chi connectivity index (χ4n) is 5.19. The highest BCUT2D eigenvalue weighted by Crippen LogP contribution is 2.31. The largest absolute Gasteiger partial charge is 0.460 e. The smallest absolute Gasteiger partial charge is 0.310 e. The van der Waals surface area contributed by atoms with Crippen LogP contribution in [0.15, 0.2) is 53.5 Å². The summed E-state index contributed by atoms with van der Waals surface area (Å²) in [5.41, 5.74) is -0.951. The minimum Gasteiger partial charge on any atom is -0.460 e. The van der Waals surface area contributed by atoms with Crippen LogP contribution in [0.4, 0.5) is 24.8 Å². The second kappa shape index (κ2) is 13.3. The van der Waals surface area contributed by atoms with Gasteiger partial charge in [0.05, 0.1) is 23.2 Å². The molecule has 0 bridgehead atoms. The monoisotopic (exact) mass is 672 g/mol. The van der Waals surface area contributed by atoms with E-state index in [0.29, 0.717) is 18.4 Å². The number of esters is 1. The molecule has 0 aliphatic carbocycles. The number of pyridine rings is 1. The van der Waals surface area contributed by atoms with Crippen molar-refractivity contribution in [3.8, 4) is 11.1 Å². The number of ether oxygens (including phenoxy) is 1. The molecule has 250 valence electrons. The van der Waals surface area contributed by atoms with Gasteiger partial charge in [0.15, 0.2) is 5.82 Å². The number of alkyl halides is 1. The first-order valence-corrected chi connectivity index (χ1v) is 16.4. The third-order valence-electron chi connectivity index (χ3n) is 7.47. The van der Waals surface area contributed by atoms with Gasteiger partial charge >= 0.3 is 16.2 Å². The molecule has 2 aromatic carbocycles. The number of carbonyl (C=O) groups excluding carboxylic acids is 1. The maximum Gasteiger partial charge on any atom is 0.310 e. The van der Waals surface area contributed by atoms with Gasteiger partial charge in [-0.25, -0.2) is 18.2 Å². The molecule has 0 amide bonds. The van der Waals surface area contributed by atoms with E-state index in [0.717, 1.165) is 32.1 Å². The Hall–Kier alpha value is -4.50. The highest BCUT2D eigenvalue weighted by Gasteiger charge is 2.32. The Labute approximate surface area is 270 Å². The third-order valence-corrected chi connectivity index (χ3v) is 8.96. The number of hydrogen-bond acceptors (Lipinski definition) is 8. The van der Waals surface area contributed by atoms with E-state index in [2.05, 4.69) is 15.3 Å². The van der Waals surface area contributed by atoms with Crippen LogP contribution in [0, 0.1) is 11.6 Å². The van der Waals surface area contributed by atoms with Crippen molar-refractivity contribution in [3.63, 3.8) is 0 Å². The molecule has 3 heterocycles. The van der Waals surface area contributed by atoms with E-state index in [1.54, 1.807) is 0 Å². The highest BCUT2D eigenvalue weighted by atomic mass is 32.2. The zero-order valence-electron chi connectivity index (χ0n) is 26.3. The normalized spacial score (nSPS) is 15.6. The topological polar surface area (TPSA) is 136 Å². The van der Waals surface area contributed by atoms with E-state index >= 15 is 8.78 Å². The van der Waals surface area contributed by atoms with E-state index in [-0.39, 0.29) is 49.1 Å². The van der Waals surface area contributed by atoms with Gasteiger partial charge in [0, 0.05) is 38.3 Å². The molecule has 0 saturated carbocycles. The Balaban J connectivity index is 1.30. The molecule has 0 unspecified atom stereocenters. The first kappa shape index (κ1) is 33.9. The van der Waals surface area contributed by atoms with Gasteiger partial charge in [-0.15, -0.1) is 0 Å². The number of rotatable bonds is 10. The first-order chi connectivity index (χ1) is 22.1. The Morgan fingerprint density at radius 1 is 1.11 bits per heavy atom. The van der Waals surface area contributed by atoms with Crippen LogP contribution in [0.3, 0.4) is 0 Å². The lowest BCUT2D eigenvalue weighted by Crippen LogP contribution is -2.34. The van der Waals surface area contributed by atoms with E-state index in [1.807, 2.05) is 49.8 Å². The molecule has 11 nitrogen and oxygen atoms in total. The molecule has 15 heteroatoms. The highest BCUT2D eigenvalue weighted by molar-refractivity contribution is 7.90. The van der Waals surface area contributed by atoms with Crippen molar-refractivity contribution in [2.75, 3.05) is 29.7 Å². The minimum atomic E-state index is -4.32. The zero-order valence-corrected chi connectivity index (χ0v) is 27.1. The number of anilines is 2. The summed E-state index contributed by atoms with van der Waals surface area (Å²) in [7, 11) is -2.93. The van der Waals surface area contributed by atoms with Crippen molar-refractivity contribution in [1.82, 2.24) is 18.8 Å². The number of hydrogen-bond donors (Lipinski definition) is 2. The van der Waals surface area contributed by atoms with Crippen LogP contribution in [0.25, 0.3) is 22.2 Å². The summed E-state index contributed by atoms with van der Waals surface area (Å²) < 4.78 is 79.0. The Morgan fingerprint density at radius 3 is 2.47 bits per heavy atom. The molecule has 2 aromatic heterocycles. The van der Waals surface area contributed by atoms with Crippen LogP contribution in [0.1, 0.15) is 38.3 Å². The Bertz CT molecular complexity index is 1980. The Kier molecular flexibility index (Phi) is 9.59. The molecular formula is C32H35F3N6O5S. The van der Waals surface area contributed by atoms with E-state index in [9.17, 15) is 22.4 Å². The van der Waals surface area contributed by atoms with Gasteiger partial charge in [-0.2, -0.15) is 17.7 Å². The number of halogens is 3. The van der Waals surface area contributed by atoms with Gasteiger partial charge in [-0.1, -0.05) is 24.3 Å². The minimum absolute atomic E-state index is 0.0109. The zero-order chi connectivity index (χ0) is 34.1. The van der Waals surface area contributed by atoms with Crippen molar-refractivity contribution >= 4 is 38.8 Å².